The first kappa shape index (κ1) is 10.9. The Hall–Kier alpha value is -0.610. The molecule has 1 aliphatic carbocycles. The minimum atomic E-state index is -1.60. The number of carbonyl (C=O) groups is 1. The summed E-state index contributed by atoms with van der Waals surface area (Å²) in [7, 11) is 0. The maximum Gasteiger partial charge on any atom is 0.336 e. The van der Waals surface area contributed by atoms with Crippen LogP contribution in [0.4, 0.5) is 0 Å². The molecule has 1 spiro atoms. The van der Waals surface area contributed by atoms with Gasteiger partial charge in [0, 0.05) is 19.6 Å². The predicted molar refractivity (Wildman–Crippen MR) is 55.6 cm³/mol. The summed E-state index contributed by atoms with van der Waals surface area (Å²) in [4.78, 5) is 12.8. The summed E-state index contributed by atoms with van der Waals surface area (Å²) in [5, 5.41) is 18.4. The van der Waals surface area contributed by atoms with E-state index in [1.54, 1.807) is 0 Å². The fourth-order valence-corrected chi connectivity index (χ4v) is 2.96. The topological polar surface area (TPSA) is 60.8 Å². The van der Waals surface area contributed by atoms with Crippen molar-refractivity contribution in [3.63, 3.8) is 0 Å². The molecular weight excluding hydrogens is 194 g/mol. The quantitative estimate of drug-likeness (QED) is 0.724. The molecule has 0 bridgehead atoms. The van der Waals surface area contributed by atoms with E-state index >= 15 is 0 Å². The summed E-state index contributed by atoms with van der Waals surface area (Å²) in [5.41, 5.74) is -1.13. The van der Waals surface area contributed by atoms with Gasteiger partial charge in [0.05, 0.1) is 0 Å². The van der Waals surface area contributed by atoms with Gasteiger partial charge in [0.2, 0.25) is 0 Å². The lowest BCUT2D eigenvalue weighted by atomic mass is 9.77. The molecule has 4 nitrogen and oxygen atoms in total. The van der Waals surface area contributed by atoms with Crippen LogP contribution in [-0.2, 0) is 4.79 Å². The lowest BCUT2D eigenvalue weighted by Crippen LogP contribution is -2.60. The van der Waals surface area contributed by atoms with Gasteiger partial charge in [0.15, 0.2) is 5.60 Å². The van der Waals surface area contributed by atoms with Crippen LogP contribution in [-0.4, -0.2) is 46.3 Å². The lowest BCUT2D eigenvalue weighted by Gasteiger charge is -2.49. The fourth-order valence-electron chi connectivity index (χ4n) is 2.96. The van der Waals surface area contributed by atoms with E-state index in [0.29, 0.717) is 5.41 Å². The Kier molecular flexibility index (Phi) is 2.51. The Bertz CT molecular complexity index is 261. The number of nitrogens with zero attached hydrogens (tertiary/aromatic N) is 1. The van der Waals surface area contributed by atoms with E-state index in [-0.39, 0.29) is 6.54 Å². The van der Waals surface area contributed by atoms with E-state index in [1.807, 2.05) is 0 Å². The molecule has 2 rings (SSSR count). The van der Waals surface area contributed by atoms with E-state index < -0.39 is 11.6 Å². The summed E-state index contributed by atoms with van der Waals surface area (Å²) in [6.07, 6.45) is 5.17. The van der Waals surface area contributed by atoms with E-state index in [4.69, 9.17) is 5.11 Å². The van der Waals surface area contributed by atoms with Crippen LogP contribution in [0.15, 0.2) is 0 Å². The summed E-state index contributed by atoms with van der Waals surface area (Å²) in [5.74, 6) is -1.13. The first-order valence-corrected chi connectivity index (χ1v) is 5.62. The molecule has 0 aromatic rings. The second kappa shape index (κ2) is 3.46. The van der Waals surface area contributed by atoms with Gasteiger partial charge in [-0.2, -0.15) is 0 Å². The van der Waals surface area contributed by atoms with E-state index in [2.05, 4.69) is 4.90 Å². The van der Waals surface area contributed by atoms with E-state index in [9.17, 15) is 9.90 Å². The maximum atomic E-state index is 10.7. The molecule has 4 heteroatoms. The number of aliphatic hydroxyl groups is 1. The average Bonchev–Trinajstić information content (AvgIpc) is 2.51. The third-order valence-electron chi connectivity index (χ3n) is 3.77. The van der Waals surface area contributed by atoms with Crippen molar-refractivity contribution >= 4 is 5.97 Å². The van der Waals surface area contributed by atoms with Gasteiger partial charge < -0.3 is 10.2 Å². The molecule has 0 amide bonds. The number of carboxylic acid groups (broad SMARTS) is 1. The van der Waals surface area contributed by atoms with Gasteiger partial charge in [-0.1, -0.05) is 12.8 Å². The predicted octanol–water partition coefficient (Wildman–Crippen LogP) is 0.698. The molecule has 1 saturated heterocycles. The number of aliphatic carboxylic acids is 1. The molecule has 2 N–H and O–H groups in total. The molecule has 1 heterocycles. The van der Waals surface area contributed by atoms with Crippen LogP contribution >= 0.6 is 0 Å². The number of likely N-dealkylation sites (tertiary alicyclic amines) is 1. The first-order chi connectivity index (χ1) is 6.94. The number of hydrogen-bond donors (Lipinski definition) is 2. The minimum Gasteiger partial charge on any atom is -0.479 e. The Morgan fingerprint density at radius 3 is 2.40 bits per heavy atom. The normalized spacial score (nSPS) is 28.7. The molecule has 2 aliphatic rings. The van der Waals surface area contributed by atoms with Gasteiger partial charge in [-0.3, -0.25) is 4.90 Å². The largest absolute Gasteiger partial charge is 0.479 e. The highest BCUT2D eigenvalue weighted by molar-refractivity contribution is 5.76. The molecule has 1 atom stereocenters. The first-order valence-electron chi connectivity index (χ1n) is 5.62. The number of hydrogen-bond acceptors (Lipinski definition) is 3. The summed E-state index contributed by atoms with van der Waals surface area (Å²) in [6, 6.07) is 0. The molecule has 1 unspecified atom stereocenters. The third-order valence-corrected chi connectivity index (χ3v) is 3.77. The van der Waals surface area contributed by atoms with Crippen molar-refractivity contribution in [3.05, 3.63) is 0 Å². The molecule has 2 fully saturated rings. The highest BCUT2D eigenvalue weighted by Gasteiger charge is 2.47. The number of β-amino-alcohol motifs (C(OH)–C–C–N with tert-alkyl or cyclic N) is 1. The zero-order chi connectivity index (χ0) is 11.1. The fraction of sp³-hybridized carbons (Fsp3) is 0.909. The highest BCUT2D eigenvalue weighted by atomic mass is 16.4. The van der Waals surface area contributed by atoms with Crippen molar-refractivity contribution in [2.24, 2.45) is 5.41 Å². The standard InChI is InChI=1S/C11H19NO3/c1-10(15,9(13)14)6-12-7-11(8-12)4-2-3-5-11/h15H,2-8H2,1H3,(H,13,14). The number of rotatable bonds is 3. The molecule has 15 heavy (non-hydrogen) atoms. The van der Waals surface area contributed by atoms with Crippen molar-refractivity contribution in [3.8, 4) is 0 Å². The maximum absolute atomic E-state index is 10.7. The highest BCUT2D eigenvalue weighted by Crippen LogP contribution is 2.45. The van der Waals surface area contributed by atoms with Crippen LogP contribution < -0.4 is 0 Å². The monoisotopic (exact) mass is 213 g/mol. The van der Waals surface area contributed by atoms with E-state index in [0.717, 1.165) is 13.1 Å². The Morgan fingerprint density at radius 2 is 1.93 bits per heavy atom. The second-order valence-electron chi connectivity index (χ2n) is 5.43. The SMILES string of the molecule is CC(O)(CN1CC2(CCCC2)C1)C(=O)O. The zero-order valence-corrected chi connectivity index (χ0v) is 9.20. The minimum absolute atomic E-state index is 0.254. The van der Waals surface area contributed by atoms with E-state index in [1.165, 1.54) is 32.6 Å². The van der Waals surface area contributed by atoms with Crippen molar-refractivity contribution in [1.29, 1.82) is 0 Å². The average molecular weight is 213 g/mol. The van der Waals surface area contributed by atoms with Gasteiger partial charge >= 0.3 is 5.97 Å². The molecule has 1 aliphatic heterocycles. The smallest absolute Gasteiger partial charge is 0.336 e. The Labute approximate surface area is 89.9 Å². The number of carboxylic acids is 1. The van der Waals surface area contributed by atoms with Crippen molar-refractivity contribution in [2.75, 3.05) is 19.6 Å². The third kappa shape index (κ3) is 2.01. The molecule has 0 aromatic heterocycles. The van der Waals surface area contributed by atoms with Crippen molar-refractivity contribution in [1.82, 2.24) is 4.90 Å². The Balaban J connectivity index is 1.82. The van der Waals surface area contributed by atoms with Crippen LogP contribution in [0.1, 0.15) is 32.6 Å². The summed E-state index contributed by atoms with van der Waals surface area (Å²) >= 11 is 0. The van der Waals surface area contributed by atoms with Crippen LogP contribution in [0.25, 0.3) is 0 Å². The second-order valence-corrected chi connectivity index (χ2v) is 5.43. The van der Waals surface area contributed by atoms with Crippen LogP contribution in [0, 0.1) is 5.41 Å². The lowest BCUT2D eigenvalue weighted by molar-refractivity contribution is -0.162. The zero-order valence-electron chi connectivity index (χ0n) is 9.20. The van der Waals surface area contributed by atoms with Crippen LogP contribution in [0.5, 0.6) is 0 Å². The van der Waals surface area contributed by atoms with Crippen molar-refractivity contribution in [2.45, 2.75) is 38.2 Å². The van der Waals surface area contributed by atoms with Crippen LogP contribution in [0.3, 0.4) is 0 Å². The molecule has 86 valence electrons. The van der Waals surface area contributed by atoms with Crippen molar-refractivity contribution < 1.29 is 15.0 Å². The van der Waals surface area contributed by atoms with Gasteiger partial charge in [-0.05, 0) is 25.2 Å². The molecule has 0 radical (unpaired) electrons. The van der Waals surface area contributed by atoms with Gasteiger partial charge in [0.25, 0.3) is 0 Å². The summed E-state index contributed by atoms with van der Waals surface area (Å²) < 4.78 is 0. The van der Waals surface area contributed by atoms with Gasteiger partial charge in [-0.25, -0.2) is 4.79 Å². The van der Waals surface area contributed by atoms with Crippen LogP contribution in [0.2, 0.25) is 0 Å². The molecule has 1 saturated carbocycles. The van der Waals surface area contributed by atoms with Gasteiger partial charge in [0.1, 0.15) is 0 Å². The molecule has 0 aromatic carbocycles. The van der Waals surface area contributed by atoms with Gasteiger partial charge in [-0.15, -0.1) is 0 Å². The molecular formula is C11H19NO3. The Morgan fingerprint density at radius 1 is 1.40 bits per heavy atom. The summed E-state index contributed by atoms with van der Waals surface area (Å²) in [6.45, 7) is 3.56.